The molecule has 1 aliphatic heterocycles. The second-order valence-corrected chi connectivity index (χ2v) is 9.69. The lowest BCUT2D eigenvalue weighted by Crippen LogP contribution is -2.47. The van der Waals surface area contributed by atoms with Crippen LogP contribution in [0, 0.1) is 0 Å². The van der Waals surface area contributed by atoms with Crippen LogP contribution in [0.3, 0.4) is 0 Å². The summed E-state index contributed by atoms with van der Waals surface area (Å²) in [5.74, 6) is -0.0955. The molecular formula is C15H19BrF3N3O2S. The normalized spacial score (nSPS) is 20.3. The molecule has 0 N–H and O–H groups in total. The maximum atomic E-state index is 13.3. The van der Waals surface area contributed by atoms with Gasteiger partial charge in [-0.1, -0.05) is 0 Å². The molecule has 3 rings (SSSR count). The predicted octanol–water partition coefficient (Wildman–Crippen LogP) is 3.26. The van der Waals surface area contributed by atoms with Gasteiger partial charge in [-0.05, 0) is 47.7 Å². The smallest absolute Gasteiger partial charge is 0.356 e. The third kappa shape index (κ3) is 3.95. The molecule has 0 amide bonds. The van der Waals surface area contributed by atoms with E-state index in [0.717, 1.165) is 6.07 Å². The topological polar surface area (TPSA) is 53.5 Å². The number of halogens is 4. The first-order valence-electron chi connectivity index (χ1n) is 8.05. The first kappa shape index (κ1) is 18.9. The van der Waals surface area contributed by atoms with Crippen LogP contribution in [0.25, 0.3) is 0 Å². The number of alkyl halides is 3. The molecule has 0 aromatic carbocycles. The van der Waals surface area contributed by atoms with Gasteiger partial charge < -0.3 is 4.90 Å². The van der Waals surface area contributed by atoms with Crippen LogP contribution in [0.2, 0.25) is 0 Å². The molecule has 2 fully saturated rings. The second kappa shape index (κ2) is 6.70. The minimum atomic E-state index is -4.49. The fourth-order valence-corrected chi connectivity index (χ4v) is 5.30. The van der Waals surface area contributed by atoms with Gasteiger partial charge in [-0.15, -0.1) is 0 Å². The number of nitrogens with zero attached hydrogens (tertiary/aromatic N) is 3. The lowest BCUT2D eigenvalue weighted by Gasteiger charge is -2.37. The zero-order chi connectivity index (χ0) is 18.4. The van der Waals surface area contributed by atoms with Crippen LogP contribution in [-0.2, 0) is 16.2 Å². The predicted molar refractivity (Wildman–Crippen MR) is 91.9 cm³/mol. The highest BCUT2D eigenvalue weighted by Gasteiger charge is 2.42. The van der Waals surface area contributed by atoms with Gasteiger partial charge in [0.05, 0.1) is 10.8 Å². The minimum absolute atomic E-state index is 0.0955. The fourth-order valence-electron chi connectivity index (χ4n) is 3.14. The molecule has 1 aliphatic carbocycles. The Labute approximate surface area is 153 Å². The van der Waals surface area contributed by atoms with Crippen molar-refractivity contribution in [3.8, 4) is 0 Å². The summed E-state index contributed by atoms with van der Waals surface area (Å²) >= 11 is 3.03. The molecule has 10 heteroatoms. The van der Waals surface area contributed by atoms with E-state index in [0.29, 0.717) is 38.8 Å². The Bertz CT molecular complexity index is 745. The van der Waals surface area contributed by atoms with Crippen molar-refractivity contribution in [1.29, 1.82) is 0 Å². The largest absolute Gasteiger partial charge is 0.419 e. The van der Waals surface area contributed by atoms with Gasteiger partial charge in [0.1, 0.15) is 5.82 Å². The fraction of sp³-hybridized carbons (Fsp3) is 0.667. The third-order valence-corrected chi connectivity index (χ3v) is 7.61. The van der Waals surface area contributed by atoms with Gasteiger partial charge in [0.15, 0.2) is 0 Å². The first-order chi connectivity index (χ1) is 11.6. The molecule has 0 unspecified atom stereocenters. The van der Waals surface area contributed by atoms with Crippen molar-refractivity contribution >= 4 is 31.8 Å². The summed E-state index contributed by atoms with van der Waals surface area (Å²) in [6.07, 6.45) is -0.781. The summed E-state index contributed by atoms with van der Waals surface area (Å²) < 4.78 is 66.1. The molecule has 1 aromatic heterocycles. The molecule has 0 atom stereocenters. The highest BCUT2D eigenvalue weighted by molar-refractivity contribution is 9.10. The molecule has 2 heterocycles. The van der Waals surface area contributed by atoms with Gasteiger partial charge in [0.25, 0.3) is 0 Å². The Morgan fingerprint density at radius 1 is 1.24 bits per heavy atom. The monoisotopic (exact) mass is 441 g/mol. The lowest BCUT2D eigenvalue weighted by atomic mass is 10.0. The molecule has 25 heavy (non-hydrogen) atoms. The van der Waals surface area contributed by atoms with Crippen molar-refractivity contribution in [2.24, 2.45) is 0 Å². The number of rotatable bonds is 4. The first-order valence-corrected chi connectivity index (χ1v) is 10.3. The molecular weight excluding hydrogens is 423 g/mol. The molecule has 5 nitrogen and oxygen atoms in total. The summed E-state index contributed by atoms with van der Waals surface area (Å²) in [4.78, 5) is 5.54. The Kier molecular flexibility index (Phi) is 5.06. The van der Waals surface area contributed by atoms with Crippen LogP contribution in [-0.4, -0.2) is 49.1 Å². The van der Waals surface area contributed by atoms with Crippen molar-refractivity contribution in [2.45, 2.75) is 43.2 Å². The Hall–Kier alpha value is -0.870. The van der Waals surface area contributed by atoms with Crippen molar-refractivity contribution in [2.75, 3.05) is 25.0 Å². The van der Waals surface area contributed by atoms with E-state index < -0.39 is 21.8 Å². The van der Waals surface area contributed by atoms with Gasteiger partial charge in [-0.25, -0.2) is 17.7 Å². The van der Waals surface area contributed by atoms with Gasteiger partial charge in [-0.3, -0.25) is 0 Å². The minimum Gasteiger partial charge on any atom is -0.356 e. The van der Waals surface area contributed by atoms with E-state index in [1.165, 1.54) is 10.5 Å². The van der Waals surface area contributed by atoms with Crippen LogP contribution in [0.4, 0.5) is 19.0 Å². The summed E-state index contributed by atoms with van der Waals surface area (Å²) in [5, 5.41) is -0.277. The van der Waals surface area contributed by atoms with E-state index in [1.807, 2.05) is 0 Å². The number of aromatic nitrogens is 1. The van der Waals surface area contributed by atoms with Gasteiger partial charge >= 0.3 is 6.18 Å². The van der Waals surface area contributed by atoms with E-state index in [-0.39, 0.29) is 21.6 Å². The molecule has 1 saturated carbocycles. The van der Waals surface area contributed by atoms with Crippen LogP contribution in [0.15, 0.2) is 16.7 Å². The van der Waals surface area contributed by atoms with Crippen molar-refractivity contribution in [3.05, 3.63) is 22.3 Å². The molecule has 2 aliphatic rings. The average molecular weight is 442 g/mol. The molecule has 0 bridgehead atoms. The maximum Gasteiger partial charge on any atom is 0.419 e. The summed E-state index contributed by atoms with van der Waals surface area (Å²) in [7, 11) is -1.70. The summed E-state index contributed by atoms with van der Waals surface area (Å²) in [6.45, 7) is 0.680. The van der Waals surface area contributed by atoms with Crippen LogP contribution in [0.5, 0.6) is 0 Å². The molecule has 0 radical (unpaired) electrons. The molecule has 0 spiro atoms. The van der Waals surface area contributed by atoms with Crippen LogP contribution >= 0.6 is 15.9 Å². The van der Waals surface area contributed by atoms with Crippen molar-refractivity contribution in [3.63, 3.8) is 0 Å². The second-order valence-electron chi connectivity index (χ2n) is 6.50. The van der Waals surface area contributed by atoms with E-state index in [2.05, 4.69) is 20.9 Å². The van der Waals surface area contributed by atoms with Crippen molar-refractivity contribution in [1.82, 2.24) is 9.29 Å². The zero-order valence-electron chi connectivity index (χ0n) is 13.6. The molecule has 1 aromatic rings. The highest BCUT2D eigenvalue weighted by Crippen LogP contribution is 2.38. The van der Waals surface area contributed by atoms with Crippen LogP contribution in [0.1, 0.15) is 31.2 Å². The Balaban J connectivity index is 1.73. The molecule has 140 valence electrons. The Morgan fingerprint density at radius 3 is 2.36 bits per heavy atom. The number of hydrogen-bond donors (Lipinski definition) is 0. The maximum absolute atomic E-state index is 13.3. The zero-order valence-corrected chi connectivity index (χ0v) is 16.0. The van der Waals surface area contributed by atoms with E-state index in [1.54, 1.807) is 11.9 Å². The summed E-state index contributed by atoms with van der Waals surface area (Å²) in [5.41, 5.74) is -0.778. The standard InChI is InChI=1S/C15H19BrF3N3O2S/c1-21(25(23,24)12-2-3-12)11-4-6-22(7-5-11)14-13(15(17,18)19)8-10(16)9-20-14/h8-9,11-12H,2-7H2,1H3. The van der Waals surface area contributed by atoms with E-state index in [9.17, 15) is 21.6 Å². The molecule has 1 saturated heterocycles. The number of hydrogen-bond acceptors (Lipinski definition) is 4. The lowest BCUT2D eigenvalue weighted by molar-refractivity contribution is -0.137. The van der Waals surface area contributed by atoms with Gasteiger partial charge in [0.2, 0.25) is 10.0 Å². The SMILES string of the molecule is CN(C1CCN(c2ncc(Br)cc2C(F)(F)F)CC1)S(=O)(=O)C1CC1. The number of sulfonamides is 1. The Morgan fingerprint density at radius 2 is 1.84 bits per heavy atom. The average Bonchev–Trinajstić information content (AvgIpc) is 3.39. The van der Waals surface area contributed by atoms with Gasteiger partial charge in [-0.2, -0.15) is 13.2 Å². The quantitative estimate of drug-likeness (QED) is 0.719. The third-order valence-electron chi connectivity index (χ3n) is 4.76. The number of piperidine rings is 1. The van der Waals surface area contributed by atoms with E-state index >= 15 is 0 Å². The number of anilines is 1. The van der Waals surface area contributed by atoms with Gasteiger partial charge in [0, 0.05) is 36.8 Å². The summed E-state index contributed by atoms with van der Waals surface area (Å²) in [6, 6.07) is 0.851. The number of pyridine rings is 1. The highest BCUT2D eigenvalue weighted by atomic mass is 79.9. The van der Waals surface area contributed by atoms with Crippen LogP contribution < -0.4 is 4.90 Å². The van der Waals surface area contributed by atoms with Crippen molar-refractivity contribution < 1.29 is 21.6 Å². The van der Waals surface area contributed by atoms with E-state index in [4.69, 9.17) is 0 Å².